The van der Waals surface area contributed by atoms with Crippen LogP contribution in [0.2, 0.25) is 0 Å². The number of aliphatic carboxylic acids is 2. The Hall–Kier alpha value is -8.19. The third-order valence-corrected chi connectivity index (χ3v) is 12.0. The Kier molecular flexibility index (Phi) is 27.4. The number of amides is 10. The summed E-state index contributed by atoms with van der Waals surface area (Å²) in [4.78, 5) is 163. The standard InChI is InChI=1S/C47H74N14O17/c1-22(2)18-30(57-38(69)26(48)21-62)42(73)59-32(20-35(50)66)45(76)61-17-5-7-33(61)44(75)56-29(13-15-36(67)68)40(71)58-31(19-24-8-10-25(64)11-9-24)43(74)54-27(6-4-16-53-47(51)52)39(70)55-28(12-14-34(49)65)41(72)60-37(23(3)63)46(77)78/h8-11,22-23,26-33,37,62-64H,4-7,12-21,48H2,1-3H3,(H2,49,65)(H2,50,66)(H,54,74)(H,55,70)(H,56,75)(H,57,69)(H,58,71)(H,59,73)(H,60,72)(H,67,68)(H,77,78)(H4,51,52,53). The van der Waals surface area contributed by atoms with Gasteiger partial charge in [0, 0.05) is 32.4 Å². The Labute approximate surface area is 448 Å². The number of rotatable bonds is 34. The summed E-state index contributed by atoms with van der Waals surface area (Å²) in [5.74, 6) is -13.9. The number of nitrogens with two attached hydrogens (primary N) is 5. The lowest BCUT2D eigenvalue weighted by Crippen LogP contribution is -2.61. The number of phenolic OH excluding ortho intramolecular Hbond substituents is 1. The first-order valence-electron chi connectivity index (χ1n) is 24.9. The maximum Gasteiger partial charge on any atom is 0.328 e. The second kappa shape index (κ2) is 32.4. The molecule has 1 saturated heterocycles. The van der Waals surface area contributed by atoms with Crippen molar-refractivity contribution in [3.8, 4) is 5.75 Å². The van der Waals surface area contributed by atoms with Gasteiger partial charge in [0.15, 0.2) is 12.0 Å². The van der Waals surface area contributed by atoms with Gasteiger partial charge in [-0.2, -0.15) is 0 Å². The van der Waals surface area contributed by atoms with Gasteiger partial charge in [-0.3, -0.25) is 57.7 Å². The number of aliphatic hydroxyl groups is 2. The zero-order valence-electron chi connectivity index (χ0n) is 43.5. The number of hydrogen-bond acceptors (Lipinski definition) is 17. The van der Waals surface area contributed by atoms with Crippen LogP contribution >= 0.6 is 0 Å². The van der Waals surface area contributed by atoms with Crippen molar-refractivity contribution < 1.29 is 83.1 Å². The minimum atomic E-state index is -1.86. The lowest BCUT2D eigenvalue weighted by molar-refractivity contribution is -0.145. The van der Waals surface area contributed by atoms with E-state index in [9.17, 15) is 83.1 Å². The molecule has 0 radical (unpaired) electrons. The van der Waals surface area contributed by atoms with Crippen molar-refractivity contribution in [1.29, 1.82) is 0 Å². The van der Waals surface area contributed by atoms with Gasteiger partial charge >= 0.3 is 11.9 Å². The maximum absolute atomic E-state index is 14.4. The fourth-order valence-corrected chi connectivity index (χ4v) is 7.91. The normalized spacial score (nSPS) is 16.4. The van der Waals surface area contributed by atoms with Crippen molar-refractivity contribution in [2.45, 2.75) is 152 Å². The van der Waals surface area contributed by atoms with Crippen LogP contribution in [0.3, 0.4) is 0 Å². The molecule has 10 amide bonds. The summed E-state index contributed by atoms with van der Waals surface area (Å²) in [6.45, 7) is 3.59. The number of phenols is 1. The quantitative estimate of drug-likeness (QED) is 0.0173. The molecule has 1 fully saturated rings. The molecule has 0 saturated carbocycles. The summed E-state index contributed by atoms with van der Waals surface area (Å²) in [6, 6.07) is -9.02. The Bertz CT molecular complexity index is 2330. The molecule has 0 aliphatic carbocycles. The first-order valence-corrected chi connectivity index (χ1v) is 24.9. The molecule has 22 N–H and O–H groups in total. The number of aliphatic hydroxyl groups excluding tert-OH is 2. The number of hydrogen-bond donors (Lipinski definition) is 17. The summed E-state index contributed by atoms with van der Waals surface area (Å²) < 4.78 is 0. The van der Waals surface area contributed by atoms with Crippen LogP contribution in [0.5, 0.6) is 5.75 Å². The molecule has 78 heavy (non-hydrogen) atoms. The monoisotopic (exact) mass is 1110 g/mol. The van der Waals surface area contributed by atoms with Gasteiger partial charge in [0.2, 0.25) is 59.1 Å². The lowest BCUT2D eigenvalue weighted by atomic mass is 10.0. The SMILES string of the molecule is CC(C)CC(NC(=O)C(N)CO)C(=O)NC(CC(N)=O)C(=O)N1CCCC1C(=O)NC(CCC(=O)O)C(=O)NC(Cc1ccc(O)cc1)C(=O)NC(CCCN=C(N)N)C(=O)NC(CCC(N)=O)C(=O)NC(C(=O)O)C(C)O. The second-order valence-corrected chi connectivity index (χ2v) is 19.0. The van der Waals surface area contributed by atoms with E-state index in [1.807, 2.05) is 0 Å². The van der Waals surface area contributed by atoms with Crippen LogP contribution in [-0.4, -0.2) is 188 Å². The lowest BCUT2D eigenvalue weighted by Gasteiger charge is -2.31. The van der Waals surface area contributed by atoms with E-state index in [1.54, 1.807) is 13.8 Å². The van der Waals surface area contributed by atoms with E-state index in [4.69, 9.17) is 28.7 Å². The van der Waals surface area contributed by atoms with Crippen molar-refractivity contribution in [2.75, 3.05) is 19.7 Å². The van der Waals surface area contributed by atoms with Gasteiger partial charge in [0.25, 0.3) is 0 Å². The number of guanidine groups is 1. The smallest absolute Gasteiger partial charge is 0.328 e. The Morgan fingerprint density at radius 3 is 1.71 bits per heavy atom. The summed E-state index contributed by atoms with van der Waals surface area (Å²) in [6.07, 6.45) is -5.14. The molecule has 1 aromatic rings. The number of carbonyl (C=O) groups excluding carboxylic acids is 10. The highest BCUT2D eigenvalue weighted by Crippen LogP contribution is 2.21. The fraction of sp³-hybridized carbons (Fsp3) is 0.596. The van der Waals surface area contributed by atoms with Gasteiger partial charge in [-0.1, -0.05) is 26.0 Å². The first-order chi connectivity index (χ1) is 36.5. The van der Waals surface area contributed by atoms with E-state index in [0.29, 0.717) is 5.56 Å². The Morgan fingerprint density at radius 1 is 0.667 bits per heavy atom. The molecule has 10 atom stereocenters. The van der Waals surface area contributed by atoms with Gasteiger partial charge in [-0.25, -0.2) is 4.79 Å². The molecule has 2 rings (SSSR count). The first kappa shape index (κ1) is 65.9. The van der Waals surface area contributed by atoms with Crippen LogP contribution in [0.1, 0.15) is 90.5 Å². The average Bonchev–Trinajstić information content (AvgIpc) is 3.85. The maximum atomic E-state index is 14.4. The molecule has 0 spiro atoms. The van der Waals surface area contributed by atoms with Crippen molar-refractivity contribution in [3.63, 3.8) is 0 Å². The van der Waals surface area contributed by atoms with Gasteiger partial charge in [-0.15, -0.1) is 0 Å². The largest absolute Gasteiger partial charge is 0.508 e. The van der Waals surface area contributed by atoms with E-state index >= 15 is 0 Å². The molecule has 31 heteroatoms. The predicted molar refractivity (Wildman–Crippen MR) is 273 cm³/mol. The van der Waals surface area contributed by atoms with Crippen molar-refractivity contribution in [1.82, 2.24) is 42.1 Å². The molecule has 1 heterocycles. The van der Waals surface area contributed by atoms with E-state index < -0.39 is 170 Å². The van der Waals surface area contributed by atoms with Crippen molar-refractivity contribution in [2.24, 2.45) is 39.6 Å². The average molecular weight is 1110 g/mol. The molecule has 0 bridgehead atoms. The Morgan fingerprint density at radius 2 is 1.18 bits per heavy atom. The van der Waals surface area contributed by atoms with E-state index in [0.717, 1.165) is 11.8 Å². The highest BCUT2D eigenvalue weighted by molar-refractivity contribution is 5.99. The summed E-state index contributed by atoms with van der Waals surface area (Å²) in [7, 11) is 0. The number of likely N-dealkylation sites (tertiary alicyclic amines) is 1. The number of carbonyl (C=O) groups is 12. The number of carboxylic acid groups (broad SMARTS) is 2. The number of carboxylic acids is 2. The van der Waals surface area contributed by atoms with Crippen molar-refractivity contribution in [3.05, 3.63) is 29.8 Å². The molecule has 0 aromatic heterocycles. The highest BCUT2D eigenvalue weighted by Gasteiger charge is 2.41. The fourth-order valence-electron chi connectivity index (χ4n) is 7.91. The number of benzene rings is 1. The van der Waals surface area contributed by atoms with Gasteiger partial charge in [-0.05, 0) is 75.5 Å². The molecule has 1 aromatic carbocycles. The molecule has 1 aliphatic heterocycles. The number of aliphatic imine (C=N–C) groups is 1. The number of nitrogens with zero attached hydrogens (tertiary/aromatic N) is 2. The van der Waals surface area contributed by atoms with Crippen molar-refractivity contribution >= 4 is 77.0 Å². The van der Waals surface area contributed by atoms with Gasteiger partial charge in [0.1, 0.15) is 54.1 Å². The third-order valence-electron chi connectivity index (χ3n) is 12.0. The van der Waals surface area contributed by atoms with Gasteiger partial charge in [0.05, 0.1) is 19.1 Å². The molecule has 434 valence electrons. The highest BCUT2D eigenvalue weighted by atomic mass is 16.4. The van der Waals surface area contributed by atoms with E-state index in [2.05, 4.69) is 42.2 Å². The number of primary amides is 2. The zero-order chi connectivity index (χ0) is 59.0. The third kappa shape index (κ3) is 23.0. The van der Waals surface area contributed by atoms with Crippen LogP contribution in [0.4, 0.5) is 0 Å². The number of nitrogens with one attached hydrogen (secondary N) is 7. The molecule has 1 aliphatic rings. The van der Waals surface area contributed by atoms with E-state index in [1.165, 1.54) is 24.3 Å². The second-order valence-electron chi connectivity index (χ2n) is 19.0. The molecule has 10 unspecified atom stereocenters. The molecular weight excluding hydrogens is 1030 g/mol. The summed E-state index contributed by atoms with van der Waals surface area (Å²) >= 11 is 0. The molecule has 31 nitrogen and oxygen atoms in total. The zero-order valence-corrected chi connectivity index (χ0v) is 43.5. The minimum absolute atomic E-state index is 0.0103. The Balaban J connectivity index is 2.55. The van der Waals surface area contributed by atoms with Crippen LogP contribution < -0.4 is 65.9 Å². The number of aromatic hydroxyl groups is 1. The molecular formula is C47H74N14O17. The van der Waals surface area contributed by atoms with Crippen LogP contribution in [-0.2, 0) is 64.0 Å². The topological polar surface area (TPSA) is 536 Å². The minimum Gasteiger partial charge on any atom is -0.508 e. The van der Waals surface area contributed by atoms with Crippen LogP contribution in [0.25, 0.3) is 0 Å². The van der Waals surface area contributed by atoms with Crippen LogP contribution in [0.15, 0.2) is 29.3 Å². The summed E-state index contributed by atoms with van der Waals surface area (Å²) in [5, 5.41) is 65.1. The predicted octanol–water partition coefficient (Wildman–Crippen LogP) is -6.79. The van der Waals surface area contributed by atoms with E-state index in [-0.39, 0.29) is 69.2 Å². The van der Waals surface area contributed by atoms with Crippen LogP contribution in [0, 0.1) is 5.92 Å². The summed E-state index contributed by atoms with van der Waals surface area (Å²) in [5.41, 5.74) is 27.6. The van der Waals surface area contributed by atoms with Gasteiger partial charge < -0.3 is 96.3 Å².